The first-order valence-electron chi connectivity index (χ1n) is 7.73. The number of rotatable bonds is 6. The number of halogens is 1. The van der Waals surface area contributed by atoms with Crippen molar-refractivity contribution in [3.05, 3.63) is 70.9 Å². The van der Waals surface area contributed by atoms with Gasteiger partial charge in [-0.25, -0.2) is 4.79 Å². The van der Waals surface area contributed by atoms with Crippen LogP contribution in [-0.2, 0) is 4.74 Å². The Morgan fingerprint density at radius 2 is 1.80 bits per heavy atom. The van der Waals surface area contributed by atoms with Gasteiger partial charge in [0.25, 0.3) is 0 Å². The lowest BCUT2D eigenvalue weighted by atomic mass is 10.1. The third kappa shape index (κ3) is 4.00. The van der Waals surface area contributed by atoms with Gasteiger partial charge in [-0.1, -0.05) is 53.2 Å². The van der Waals surface area contributed by atoms with E-state index in [2.05, 4.69) is 5.16 Å². The number of para-hydroxylation sites is 1. The maximum absolute atomic E-state index is 12.4. The minimum atomic E-state index is -0.523. The molecule has 0 aliphatic heterocycles. The molecule has 0 bridgehead atoms. The van der Waals surface area contributed by atoms with Crippen LogP contribution in [0.2, 0.25) is 5.02 Å². The topological polar surface area (TPSA) is 61.6 Å². The van der Waals surface area contributed by atoms with Crippen molar-refractivity contribution in [2.45, 2.75) is 6.92 Å². The van der Waals surface area contributed by atoms with E-state index in [9.17, 15) is 4.79 Å². The molecule has 0 amide bonds. The Morgan fingerprint density at radius 3 is 2.56 bits per heavy atom. The lowest BCUT2D eigenvalue weighted by Gasteiger charge is -2.08. The van der Waals surface area contributed by atoms with Crippen LogP contribution < -0.4 is 4.74 Å². The van der Waals surface area contributed by atoms with Crippen molar-refractivity contribution in [1.29, 1.82) is 0 Å². The van der Waals surface area contributed by atoms with Crippen molar-refractivity contribution in [2.24, 2.45) is 0 Å². The Labute approximate surface area is 150 Å². The number of ether oxygens (including phenoxy) is 2. The van der Waals surface area contributed by atoms with Crippen LogP contribution in [0.5, 0.6) is 5.75 Å². The van der Waals surface area contributed by atoms with Gasteiger partial charge in [-0.2, -0.15) is 0 Å². The smallest absolute Gasteiger partial charge is 0.344 e. The lowest BCUT2D eigenvalue weighted by molar-refractivity contribution is 0.0449. The number of hydrogen-bond acceptors (Lipinski definition) is 5. The summed E-state index contributed by atoms with van der Waals surface area (Å²) in [5.41, 5.74) is 1.26. The van der Waals surface area contributed by atoms with Crippen molar-refractivity contribution in [2.75, 3.05) is 13.2 Å². The quantitative estimate of drug-likeness (QED) is 0.478. The van der Waals surface area contributed by atoms with Crippen molar-refractivity contribution in [3.63, 3.8) is 0 Å². The Kier molecular flexibility index (Phi) is 5.36. The molecule has 0 atom stereocenters. The van der Waals surface area contributed by atoms with E-state index < -0.39 is 5.97 Å². The van der Waals surface area contributed by atoms with Gasteiger partial charge in [-0.15, -0.1) is 0 Å². The first-order chi connectivity index (χ1) is 12.2. The molecule has 5 nitrogen and oxygen atoms in total. The number of nitrogens with zero attached hydrogens (tertiary/aromatic N) is 1. The zero-order valence-electron chi connectivity index (χ0n) is 13.6. The van der Waals surface area contributed by atoms with E-state index >= 15 is 0 Å². The third-order valence-corrected chi connectivity index (χ3v) is 3.85. The van der Waals surface area contributed by atoms with Crippen LogP contribution in [0.4, 0.5) is 0 Å². The maximum atomic E-state index is 12.4. The first kappa shape index (κ1) is 17.0. The molecule has 0 unspecified atom stereocenters. The third-order valence-electron chi connectivity index (χ3n) is 3.52. The number of aromatic nitrogens is 1. The summed E-state index contributed by atoms with van der Waals surface area (Å²) in [4.78, 5) is 12.4. The van der Waals surface area contributed by atoms with Crippen LogP contribution >= 0.6 is 11.6 Å². The standard InChI is InChI=1S/C19H16ClNO4/c1-13-17(18(21-25-13)15-9-5-6-10-16(15)20)19(22)24-12-11-23-14-7-3-2-4-8-14/h2-10H,11-12H2,1H3. The van der Waals surface area contributed by atoms with E-state index in [1.165, 1.54) is 0 Å². The van der Waals surface area contributed by atoms with Crippen LogP contribution in [0, 0.1) is 6.92 Å². The summed E-state index contributed by atoms with van der Waals surface area (Å²) in [5.74, 6) is 0.575. The molecule has 25 heavy (non-hydrogen) atoms. The predicted octanol–water partition coefficient (Wildman–Crippen LogP) is 4.54. The highest BCUT2D eigenvalue weighted by atomic mass is 35.5. The van der Waals surface area contributed by atoms with Crippen molar-refractivity contribution in [1.82, 2.24) is 5.16 Å². The molecule has 1 heterocycles. The normalized spacial score (nSPS) is 10.5. The molecule has 3 aromatic rings. The molecule has 0 aliphatic carbocycles. The van der Waals surface area contributed by atoms with E-state index in [1.54, 1.807) is 25.1 Å². The Bertz CT molecular complexity index is 861. The van der Waals surface area contributed by atoms with E-state index in [-0.39, 0.29) is 18.8 Å². The van der Waals surface area contributed by atoms with E-state index in [0.717, 1.165) is 5.75 Å². The SMILES string of the molecule is Cc1onc(-c2ccccc2Cl)c1C(=O)OCCOc1ccccc1. The molecule has 1 aromatic heterocycles. The molecule has 0 N–H and O–H groups in total. The fourth-order valence-corrected chi connectivity index (χ4v) is 2.56. The fraction of sp³-hybridized carbons (Fsp3) is 0.158. The molecule has 0 fully saturated rings. The summed E-state index contributed by atoms with van der Waals surface area (Å²) in [6, 6.07) is 16.4. The number of esters is 1. The Hall–Kier alpha value is -2.79. The monoisotopic (exact) mass is 357 g/mol. The Morgan fingerprint density at radius 1 is 1.08 bits per heavy atom. The minimum Gasteiger partial charge on any atom is -0.490 e. The largest absolute Gasteiger partial charge is 0.490 e. The van der Waals surface area contributed by atoms with Gasteiger partial charge in [0.15, 0.2) is 0 Å². The number of benzene rings is 2. The molecule has 0 aliphatic rings. The van der Waals surface area contributed by atoms with Crippen LogP contribution in [0.1, 0.15) is 16.1 Å². The number of hydrogen-bond donors (Lipinski definition) is 0. The second-order valence-corrected chi connectivity index (χ2v) is 5.65. The van der Waals surface area contributed by atoms with Crippen LogP contribution in [0.25, 0.3) is 11.3 Å². The first-order valence-corrected chi connectivity index (χ1v) is 8.11. The Balaban J connectivity index is 1.66. The highest BCUT2D eigenvalue weighted by Gasteiger charge is 2.24. The van der Waals surface area contributed by atoms with Crippen LogP contribution in [-0.4, -0.2) is 24.3 Å². The molecular formula is C19H16ClNO4. The number of aryl methyl sites for hydroxylation is 1. The van der Waals surface area contributed by atoms with Gasteiger partial charge in [-0.3, -0.25) is 0 Å². The minimum absolute atomic E-state index is 0.111. The highest BCUT2D eigenvalue weighted by molar-refractivity contribution is 6.33. The van der Waals surface area contributed by atoms with Gasteiger partial charge >= 0.3 is 5.97 Å². The maximum Gasteiger partial charge on any atom is 0.344 e. The van der Waals surface area contributed by atoms with Crippen molar-refractivity contribution >= 4 is 17.6 Å². The predicted molar refractivity (Wildman–Crippen MR) is 93.9 cm³/mol. The molecular weight excluding hydrogens is 342 g/mol. The molecule has 2 aromatic carbocycles. The highest BCUT2D eigenvalue weighted by Crippen LogP contribution is 2.31. The van der Waals surface area contributed by atoms with Gasteiger partial charge in [-0.05, 0) is 25.1 Å². The zero-order valence-corrected chi connectivity index (χ0v) is 14.3. The van der Waals surface area contributed by atoms with Gasteiger partial charge in [0.2, 0.25) is 0 Å². The molecule has 6 heteroatoms. The summed E-state index contributed by atoms with van der Waals surface area (Å²) in [5, 5.41) is 4.44. The van der Waals surface area contributed by atoms with Gasteiger partial charge < -0.3 is 14.0 Å². The van der Waals surface area contributed by atoms with E-state index in [1.807, 2.05) is 36.4 Å². The lowest BCUT2D eigenvalue weighted by Crippen LogP contribution is -2.13. The van der Waals surface area contributed by atoms with E-state index in [0.29, 0.717) is 22.0 Å². The molecule has 128 valence electrons. The second-order valence-electron chi connectivity index (χ2n) is 5.24. The average molecular weight is 358 g/mol. The molecule has 0 radical (unpaired) electrons. The number of carbonyl (C=O) groups is 1. The molecule has 0 spiro atoms. The van der Waals surface area contributed by atoms with Gasteiger partial charge in [0.1, 0.15) is 36.0 Å². The van der Waals surface area contributed by atoms with Crippen molar-refractivity contribution < 1.29 is 18.8 Å². The summed E-state index contributed by atoms with van der Waals surface area (Å²) >= 11 is 6.19. The molecule has 0 saturated heterocycles. The summed E-state index contributed by atoms with van der Waals surface area (Å²) < 4.78 is 15.9. The molecule has 0 saturated carbocycles. The van der Waals surface area contributed by atoms with E-state index in [4.69, 9.17) is 25.6 Å². The van der Waals surface area contributed by atoms with Gasteiger partial charge in [0.05, 0.1) is 5.02 Å². The summed E-state index contributed by atoms with van der Waals surface area (Å²) in [6.45, 7) is 2.02. The number of carbonyl (C=O) groups excluding carboxylic acids is 1. The van der Waals surface area contributed by atoms with Crippen LogP contribution in [0.3, 0.4) is 0 Å². The van der Waals surface area contributed by atoms with Crippen LogP contribution in [0.15, 0.2) is 59.1 Å². The summed E-state index contributed by atoms with van der Waals surface area (Å²) in [7, 11) is 0. The second kappa shape index (κ2) is 7.85. The fourth-order valence-electron chi connectivity index (χ4n) is 2.33. The zero-order chi connectivity index (χ0) is 17.6. The van der Waals surface area contributed by atoms with Crippen molar-refractivity contribution in [3.8, 4) is 17.0 Å². The summed E-state index contributed by atoms with van der Waals surface area (Å²) in [6.07, 6.45) is 0. The van der Waals surface area contributed by atoms with Gasteiger partial charge in [0, 0.05) is 5.56 Å². The molecule has 3 rings (SSSR count). The average Bonchev–Trinajstić information content (AvgIpc) is 3.01.